The van der Waals surface area contributed by atoms with Gasteiger partial charge in [0.15, 0.2) is 0 Å². The van der Waals surface area contributed by atoms with Crippen LogP contribution in [0, 0.1) is 52.3 Å². The van der Waals surface area contributed by atoms with Crippen LogP contribution in [-0.4, -0.2) is 0 Å². The molecule has 0 heterocycles. The second-order valence-corrected chi connectivity index (χ2v) is 11.9. The van der Waals surface area contributed by atoms with Gasteiger partial charge in [0.2, 0.25) is 0 Å². The maximum atomic E-state index is 2.69. The molecule has 4 rings (SSSR count). The summed E-state index contributed by atoms with van der Waals surface area (Å²) >= 11 is 0. The van der Waals surface area contributed by atoms with Crippen molar-refractivity contribution in [3.05, 3.63) is 36.0 Å². The van der Waals surface area contributed by atoms with E-state index in [0.29, 0.717) is 10.8 Å². The van der Waals surface area contributed by atoms with Gasteiger partial charge < -0.3 is 0 Å². The number of rotatable bonds is 5. The van der Waals surface area contributed by atoms with Crippen LogP contribution < -0.4 is 0 Å². The van der Waals surface area contributed by atoms with E-state index in [4.69, 9.17) is 0 Å². The van der Waals surface area contributed by atoms with E-state index in [2.05, 4.69) is 71.9 Å². The Kier molecular flexibility index (Phi) is 5.95. The first kappa shape index (κ1) is 21.5. The minimum atomic E-state index is 0.466. The first-order chi connectivity index (χ1) is 13.8. The van der Waals surface area contributed by atoms with Gasteiger partial charge in [0.1, 0.15) is 0 Å². The molecule has 0 radical (unpaired) electrons. The molecule has 1 unspecified atom stereocenters. The number of hydrogen-bond donors (Lipinski definition) is 0. The van der Waals surface area contributed by atoms with Crippen LogP contribution in [0.2, 0.25) is 0 Å². The predicted molar refractivity (Wildman–Crippen MR) is 127 cm³/mol. The first-order valence-corrected chi connectivity index (χ1v) is 12.9. The van der Waals surface area contributed by atoms with Gasteiger partial charge in [-0.25, -0.2) is 0 Å². The Morgan fingerprint density at radius 1 is 1.03 bits per heavy atom. The lowest BCUT2D eigenvalue weighted by molar-refractivity contribution is -0.0410. The average molecular weight is 395 g/mol. The summed E-state index contributed by atoms with van der Waals surface area (Å²) in [5.41, 5.74) is 2.71. The van der Waals surface area contributed by atoms with Crippen molar-refractivity contribution in [2.45, 2.75) is 92.9 Å². The zero-order valence-corrected chi connectivity index (χ0v) is 20.1. The Balaban J connectivity index is 1.53. The summed E-state index contributed by atoms with van der Waals surface area (Å²) < 4.78 is 0. The summed E-state index contributed by atoms with van der Waals surface area (Å²) in [5.74, 6) is 5.96. The highest BCUT2D eigenvalue weighted by Crippen LogP contribution is 2.66. The third-order valence-electron chi connectivity index (χ3n) is 10.4. The summed E-state index contributed by atoms with van der Waals surface area (Å²) in [7, 11) is 0. The van der Waals surface area contributed by atoms with E-state index >= 15 is 0 Å². The third-order valence-corrected chi connectivity index (χ3v) is 10.4. The topological polar surface area (TPSA) is 0 Å². The molecule has 0 amide bonds. The molecular formula is C29H46. The normalized spacial score (nSPS) is 43.6. The van der Waals surface area contributed by atoms with Crippen LogP contribution >= 0.6 is 0 Å². The Labute approximate surface area is 181 Å². The lowest BCUT2D eigenvalue weighted by Crippen LogP contribution is -2.49. The van der Waals surface area contributed by atoms with Gasteiger partial charge >= 0.3 is 0 Å². The lowest BCUT2D eigenvalue weighted by atomic mass is 9.47. The summed E-state index contributed by atoms with van der Waals surface area (Å²) in [6.45, 7) is 14.9. The highest BCUT2D eigenvalue weighted by Gasteiger charge is 2.58. The van der Waals surface area contributed by atoms with Gasteiger partial charge in [0.05, 0.1) is 0 Å². The smallest absolute Gasteiger partial charge is 0.00445 e. The molecule has 0 bridgehead atoms. The van der Waals surface area contributed by atoms with Crippen molar-refractivity contribution in [1.29, 1.82) is 0 Å². The van der Waals surface area contributed by atoms with E-state index in [0.717, 1.165) is 41.4 Å². The highest BCUT2D eigenvalue weighted by molar-refractivity contribution is 5.34. The Morgan fingerprint density at radius 2 is 1.83 bits per heavy atom. The predicted octanol–water partition coefficient (Wildman–Crippen LogP) is 8.61. The van der Waals surface area contributed by atoms with Crippen LogP contribution in [0.15, 0.2) is 36.0 Å². The van der Waals surface area contributed by atoms with Crippen LogP contribution in [0.25, 0.3) is 0 Å². The van der Waals surface area contributed by atoms with Gasteiger partial charge in [-0.2, -0.15) is 0 Å². The molecule has 2 fully saturated rings. The molecule has 8 atom stereocenters. The van der Waals surface area contributed by atoms with E-state index in [-0.39, 0.29) is 0 Å². The van der Waals surface area contributed by atoms with Crippen molar-refractivity contribution in [3.8, 4) is 0 Å². The minimum absolute atomic E-state index is 0.466. The summed E-state index contributed by atoms with van der Waals surface area (Å²) in [6, 6.07) is 0. The van der Waals surface area contributed by atoms with Crippen molar-refractivity contribution in [2.24, 2.45) is 52.3 Å². The first-order valence-electron chi connectivity index (χ1n) is 12.9. The molecule has 0 N–H and O–H groups in total. The SMILES string of the molecule is CCC(/C=C/[C@@H](C)[C@H]1CC[C@H]2[C@@H]3CC=C4C=CCC[C@]4(C)[C@H]3CC[C@]12C)C(C)C. The molecule has 0 saturated heterocycles. The highest BCUT2D eigenvalue weighted by atomic mass is 14.6. The van der Waals surface area contributed by atoms with Crippen molar-refractivity contribution >= 4 is 0 Å². The largest absolute Gasteiger partial charge is 0.0851 e. The summed E-state index contributed by atoms with van der Waals surface area (Å²) in [5, 5.41) is 0. The average Bonchev–Trinajstić information content (AvgIpc) is 3.05. The molecule has 0 aromatic heterocycles. The van der Waals surface area contributed by atoms with Crippen LogP contribution in [-0.2, 0) is 0 Å². The molecule has 0 aliphatic heterocycles. The number of fused-ring (bicyclic) bond motifs is 5. The Bertz CT molecular complexity index is 678. The van der Waals surface area contributed by atoms with Crippen molar-refractivity contribution in [1.82, 2.24) is 0 Å². The molecule has 0 spiro atoms. The van der Waals surface area contributed by atoms with Crippen LogP contribution in [0.4, 0.5) is 0 Å². The molecule has 0 aromatic carbocycles. The molecule has 29 heavy (non-hydrogen) atoms. The third kappa shape index (κ3) is 3.51. The van der Waals surface area contributed by atoms with E-state index in [9.17, 15) is 0 Å². The second kappa shape index (κ2) is 8.05. The summed E-state index contributed by atoms with van der Waals surface area (Å²) in [4.78, 5) is 0. The minimum Gasteiger partial charge on any atom is -0.0851 e. The van der Waals surface area contributed by atoms with Crippen molar-refractivity contribution in [3.63, 3.8) is 0 Å². The number of hydrogen-bond acceptors (Lipinski definition) is 0. The maximum Gasteiger partial charge on any atom is -0.00445 e. The van der Waals surface area contributed by atoms with E-state index < -0.39 is 0 Å². The van der Waals surface area contributed by atoms with Gasteiger partial charge in [-0.1, -0.05) is 71.9 Å². The zero-order valence-electron chi connectivity index (χ0n) is 20.1. The van der Waals surface area contributed by atoms with E-state index in [1.807, 2.05) is 0 Å². The molecule has 0 aromatic rings. The monoisotopic (exact) mass is 394 g/mol. The molecule has 0 nitrogen and oxygen atoms in total. The molecule has 4 aliphatic carbocycles. The fourth-order valence-electron chi connectivity index (χ4n) is 8.49. The van der Waals surface area contributed by atoms with Gasteiger partial charge in [0, 0.05) is 0 Å². The lowest BCUT2D eigenvalue weighted by Gasteiger charge is -2.57. The second-order valence-electron chi connectivity index (χ2n) is 11.9. The zero-order chi connectivity index (χ0) is 20.8. The molecule has 162 valence electrons. The molecule has 4 aliphatic rings. The standard InChI is InChI=1S/C29H46/c1-7-22(20(2)3)12-11-21(4)25-15-16-26-24-14-13-23-10-8-9-18-28(23,5)27(24)17-19-29(25,26)6/h8,10-13,20-22,24-27H,7,9,14-19H2,1-6H3/b12-11+/t21-,22?,24+,25-,26+,27+,28+,29-/m1/s1. The van der Waals surface area contributed by atoms with Gasteiger partial charge in [-0.3, -0.25) is 0 Å². The maximum absolute atomic E-state index is 2.69. The Morgan fingerprint density at radius 3 is 2.55 bits per heavy atom. The van der Waals surface area contributed by atoms with Gasteiger partial charge in [-0.15, -0.1) is 0 Å². The molecule has 0 heteroatoms. The molecular weight excluding hydrogens is 348 g/mol. The van der Waals surface area contributed by atoms with E-state index in [1.54, 1.807) is 5.57 Å². The van der Waals surface area contributed by atoms with Crippen molar-refractivity contribution < 1.29 is 0 Å². The number of allylic oxidation sites excluding steroid dienone is 6. The van der Waals surface area contributed by atoms with Crippen LogP contribution in [0.1, 0.15) is 92.9 Å². The fraction of sp³-hybridized carbons (Fsp3) is 0.793. The van der Waals surface area contributed by atoms with Gasteiger partial charge in [-0.05, 0) is 109 Å². The van der Waals surface area contributed by atoms with E-state index in [1.165, 1.54) is 51.4 Å². The van der Waals surface area contributed by atoms with Crippen LogP contribution in [0.3, 0.4) is 0 Å². The summed E-state index contributed by atoms with van der Waals surface area (Å²) in [6.07, 6.45) is 23.9. The fourth-order valence-corrected chi connectivity index (χ4v) is 8.49. The van der Waals surface area contributed by atoms with Gasteiger partial charge in [0.25, 0.3) is 0 Å². The van der Waals surface area contributed by atoms with Crippen LogP contribution in [0.5, 0.6) is 0 Å². The Hall–Kier alpha value is -0.780. The quantitative estimate of drug-likeness (QED) is 0.409. The van der Waals surface area contributed by atoms with Crippen molar-refractivity contribution in [2.75, 3.05) is 0 Å². The molecule has 2 saturated carbocycles.